The smallest absolute Gasteiger partial charge is 0.123 e. The molecule has 3 aromatic rings. The topological polar surface area (TPSA) is 63.8 Å². The van der Waals surface area contributed by atoms with Crippen LogP contribution in [-0.4, -0.2) is 9.97 Å². The summed E-state index contributed by atoms with van der Waals surface area (Å²) in [7, 11) is 0. The number of benzene rings is 2. The minimum absolute atomic E-state index is 0.225. The van der Waals surface area contributed by atoms with Crippen LogP contribution in [0.25, 0.3) is 11.0 Å². The lowest BCUT2D eigenvalue weighted by Gasteiger charge is -2.19. The Bertz CT molecular complexity index is 788. The Hall–Kier alpha value is -2.37. The first-order valence-electron chi connectivity index (χ1n) is 6.62. The molecule has 106 valence electrons. The zero-order chi connectivity index (χ0) is 14.8. The van der Waals surface area contributed by atoms with Crippen molar-refractivity contribution in [1.82, 2.24) is 15.4 Å². The van der Waals surface area contributed by atoms with Gasteiger partial charge in [0.15, 0.2) is 0 Å². The van der Waals surface area contributed by atoms with Crippen molar-refractivity contribution in [2.75, 3.05) is 0 Å². The molecule has 1 unspecified atom stereocenters. The Morgan fingerprint density at radius 2 is 1.81 bits per heavy atom. The van der Waals surface area contributed by atoms with Crippen LogP contribution in [-0.2, 0) is 0 Å². The third kappa shape index (κ3) is 2.61. The molecule has 0 aliphatic heterocycles. The zero-order valence-electron chi connectivity index (χ0n) is 11.5. The maximum Gasteiger partial charge on any atom is 0.123 e. The average molecular weight is 282 g/mol. The minimum Gasteiger partial charge on any atom is -0.271 e. The number of hydrogen-bond donors (Lipinski definition) is 2. The summed E-state index contributed by atoms with van der Waals surface area (Å²) in [6.45, 7) is 1.86. The normalized spacial score (nSPS) is 12.5. The maximum absolute atomic E-state index is 13.3. The van der Waals surface area contributed by atoms with Crippen molar-refractivity contribution in [2.24, 2.45) is 5.84 Å². The highest BCUT2D eigenvalue weighted by molar-refractivity contribution is 5.74. The Balaban J connectivity index is 2.09. The van der Waals surface area contributed by atoms with Crippen molar-refractivity contribution < 1.29 is 4.39 Å². The van der Waals surface area contributed by atoms with Crippen molar-refractivity contribution in [1.29, 1.82) is 0 Å². The Kier molecular flexibility index (Phi) is 3.60. The van der Waals surface area contributed by atoms with Crippen molar-refractivity contribution in [3.63, 3.8) is 0 Å². The van der Waals surface area contributed by atoms with Gasteiger partial charge in [-0.15, -0.1) is 0 Å². The second-order valence-electron chi connectivity index (χ2n) is 4.91. The van der Waals surface area contributed by atoms with Crippen LogP contribution in [0.15, 0.2) is 48.8 Å². The molecule has 0 amide bonds. The monoisotopic (exact) mass is 282 g/mol. The SMILES string of the molecule is Cc1cc(F)ccc1C(NN)c1ccc2nccnc2c1. The number of nitrogens with one attached hydrogen (secondary N) is 1. The summed E-state index contributed by atoms with van der Waals surface area (Å²) in [5, 5.41) is 0. The number of halogens is 1. The zero-order valence-corrected chi connectivity index (χ0v) is 11.5. The lowest BCUT2D eigenvalue weighted by atomic mass is 9.95. The predicted molar refractivity (Wildman–Crippen MR) is 79.8 cm³/mol. The third-order valence-electron chi connectivity index (χ3n) is 3.54. The van der Waals surface area contributed by atoms with Gasteiger partial charge in [-0.1, -0.05) is 12.1 Å². The second-order valence-corrected chi connectivity index (χ2v) is 4.91. The van der Waals surface area contributed by atoms with Gasteiger partial charge in [0.2, 0.25) is 0 Å². The van der Waals surface area contributed by atoms with Gasteiger partial charge in [-0.05, 0) is 47.9 Å². The fraction of sp³-hybridized carbons (Fsp3) is 0.125. The van der Waals surface area contributed by atoms with E-state index in [1.54, 1.807) is 18.5 Å². The summed E-state index contributed by atoms with van der Waals surface area (Å²) in [6, 6.07) is 10.3. The highest BCUT2D eigenvalue weighted by Crippen LogP contribution is 2.26. The van der Waals surface area contributed by atoms with E-state index in [1.165, 1.54) is 12.1 Å². The molecule has 3 N–H and O–H groups in total. The number of hydrazine groups is 1. The summed E-state index contributed by atoms with van der Waals surface area (Å²) < 4.78 is 13.3. The summed E-state index contributed by atoms with van der Waals surface area (Å²) in [5.41, 5.74) is 7.15. The van der Waals surface area contributed by atoms with Gasteiger partial charge >= 0.3 is 0 Å². The molecule has 1 aromatic heterocycles. The Labute approximate surface area is 121 Å². The molecule has 0 radical (unpaired) electrons. The average Bonchev–Trinajstić information content (AvgIpc) is 2.50. The van der Waals surface area contributed by atoms with Gasteiger partial charge in [0.05, 0.1) is 17.1 Å². The molecule has 1 atom stereocenters. The molecule has 0 bridgehead atoms. The minimum atomic E-state index is -0.253. The highest BCUT2D eigenvalue weighted by atomic mass is 19.1. The van der Waals surface area contributed by atoms with Crippen LogP contribution in [0.4, 0.5) is 4.39 Å². The van der Waals surface area contributed by atoms with E-state index < -0.39 is 0 Å². The van der Waals surface area contributed by atoms with Crippen LogP contribution in [0, 0.1) is 12.7 Å². The number of aromatic nitrogens is 2. The summed E-state index contributed by atoms with van der Waals surface area (Å²) in [5.74, 6) is 5.45. The molecule has 0 aliphatic carbocycles. The second kappa shape index (κ2) is 5.55. The van der Waals surface area contributed by atoms with Crippen LogP contribution in [0.1, 0.15) is 22.7 Å². The molecule has 0 fully saturated rings. The number of hydrogen-bond acceptors (Lipinski definition) is 4. The summed E-state index contributed by atoms with van der Waals surface area (Å²) in [4.78, 5) is 8.54. The van der Waals surface area contributed by atoms with E-state index in [2.05, 4.69) is 15.4 Å². The van der Waals surface area contributed by atoms with E-state index in [1.807, 2.05) is 25.1 Å². The Morgan fingerprint density at radius 1 is 1.05 bits per heavy atom. The van der Waals surface area contributed by atoms with Gasteiger partial charge in [0, 0.05) is 12.4 Å². The molecule has 2 aromatic carbocycles. The third-order valence-corrected chi connectivity index (χ3v) is 3.54. The first-order valence-corrected chi connectivity index (χ1v) is 6.62. The fourth-order valence-electron chi connectivity index (χ4n) is 2.49. The van der Waals surface area contributed by atoms with Gasteiger partial charge in [-0.25, -0.2) is 9.82 Å². The Morgan fingerprint density at radius 3 is 2.52 bits per heavy atom. The maximum atomic E-state index is 13.3. The van der Waals surface area contributed by atoms with Gasteiger partial charge in [-0.3, -0.25) is 15.8 Å². The number of nitrogens with two attached hydrogens (primary N) is 1. The molecule has 1 heterocycles. The van der Waals surface area contributed by atoms with E-state index in [9.17, 15) is 4.39 Å². The van der Waals surface area contributed by atoms with Gasteiger partial charge in [0.1, 0.15) is 5.82 Å². The summed E-state index contributed by atoms with van der Waals surface area (Å²) in [6.07, 6.45) is 3.31. The molecule has 21 heavy (non-hydrogen) atoms. The van der Waals surface area contributed by atoms with E-state index in [0.29, 0.717) is 0 Å². The summed E-state index contributed by atoms with van der Waals surface area (Å²) >= 11 is 0. The molecular weight excluding hydrogens is 267 g/mol. The molecule has 0 spiro atoms. The van der Waals surface area contributed by atoms with Crippen LogP contribution >= 0.6 is 0 Å². The fourth-order valence-corrected chi connectivity index (χ4v) is 2.49. The molecule has 0 aliphatic rings. The van der Waals surface area contributed by atoms with Crippen molar-refractivity contribution in [3.05, 3.63) is 71.3 Å². The van der Waals surface area contributed by atoms with E-state index in [-0.39, 0.29) is 11.9 Å². The van der Waals surface area contributed by atoms with E-state index >= 15 is 0 Å². The quantitative estimate of drug-likeness (QED) is 0.572. The first-order chi connectivity index (χ1) is 10.2. The predicted octanol–water partition coefficient (Wildman–Crippen LogP) is 2.63. The molecule has 5 heteroatoms. The van der Waals surface area contributed by atoms with Crippen LogP contribution < -0.4 is 11.3 Å². The van der Waals surface area contributed by atoms with Gasteiger partial charge in [0.25, 0.3) is 0 Å². The number of nitrogens with zero attached hydrogens (tertiary/aromatic N) is 2. The van der Waals surface area contributed by atoms with Crippen molar-refractivity contribution >= 4 is 11.0 Å². The van der Waals surface area contributed by atoms with Gasteiger partial charge < -0.3 is 0 Å². The van der Waals surface area contributed by atoms with Crippen molar-refractivity contribution in [3.8, 4) is 0 Å². The number of aryl methyl sites for hydroxylation is 1. The standard InChI is InChI=1S/C16H15FN4/c1-10-8-12(17)3-4-13(10)16(21-18)11-2-5-14-15(9-11)20-7-6-19-14/h2-9,16,21H,18H2,1H3. The van der Waals surface area contributed by atoms with E-state index in [0.717, 1.165) is 27.7 Å². The molecular formula is C16H15FN4. The molecule has 0 saturated carbocycles. The highest BCUT2D eigenvalue weighted by Gasteiger charge is 2.15. The number of fused-ring (bicyclic) bond motifs is 1. The molecule has 0 saturated heterocycles. The van der Waals surface area contributed by atoms with Crippen LogP contribution in [0.3, 0.4) is 0 Å². The molecule has 3 rings (SSSR count). The van der Waals surface area contributed by atoms with Crippen molar-refractivity contribution in [2.45, 2.75) is 13.0 Å². The van der Waals surface area contributed by atoms with Gasteiger partial charge in [-0.2, -0.15) is 0 Å². The lowest BCUT2D eigenvalue weighted by Crippen LogP contribution is -2.29. The van der Waals surface area contributed by atoms with Crippen LogP contribution in [0.5, 0.6) is 0 Å². The first kappa shape index (κ1) is 13.6. The van der Waals surface area contributed by atoms with Crippen LogP contribution in [0.2, 0.25) is 0 Å². The number of rotatable bonds is 3. The van der Waals surface area contributed by atoms with E-state index in [4.69, 9.17) is 5.84 Å². The largest absolute Gasteiger partial charge is 0.271 e. The lowest BCUT2D eigenvalue weighted by molar-refractivity contribution is 0.612. The molecule has 4 nitrogen and oxygen atoms in total.